The molecule has 0 radical (unpaired) electrons. The van der Waals surface area contributed by atoms with Crippen molar-refractivity contribution >= 4 is 11.8 Å². The lowest BCUT2D eigenvalue weighted by atomic mass is 10.1. The van der Waals surface area contributed by atoms with Crippen LogP contribution in [0, 0.1) is 13.8 Å². The molecule has 9 nitrogen and oxygen atoms in total. The molecule has 0 unspecified atom stereocenters. The van der Waals surface area contributed by atoms with E-state index in [1.165, 1.54) is 0 Å². The zero-order valence-corrected chi connectivity index (χ0v) is 17.6. The van der Waals surface area contributed by atoms with E-state index in [0.717, 1.165) is 16.8 Å². The molecule has 160 valence electrons. The quantitative estimate of drug-likeness (QED) is 0.688. The molecule has 31 heavy (non-hydrogen) atoms. The first-order valence-corrected chi connectivity index (χ1v) is 9.95. The number of nitrogens with zero attached hydrogens (tertiary/aromatic N) is 4. The van der Waals surface area contributed by atoms with Crippen LogP contribution in [0.1, 0.15) is 44.4 Å². The summed E-state index contributed by atoms with van der Waals surface area (Å²) in [6, 6.07) is 7.30. The number of aryl methyl sites for hydroxylation is 2. The van der Waals surface area contributed by atoms with Gasteiger partial charge in [-0.2, -0.15) is 0 Å². The Morgan fingerprint density at radius 3 is 2.42 bits per heavy atom. The molecule has 0 saturated carbocycles. The third-order valence-corrected chi connectivity index (χ3v) is 5.12. The Kier molecular flexibility index (Phi) is 5.77. The Balaban J connectivity index is 1.46. The first-order chi connectivity index (χ1) is 15.0. The topological polar surface area (TPSA) is 110 Å². The highest BCUT2D eigenvalue weighted by Crippen LogP contribution is 2.25. The van der Waals surface area contributed by atoms with Crippen LogP contribution in [0.15, 0.2) is 41.1 Å². The van der Waals surface area contributed by atoms with Crippen LogP contribution in [0.3, 0.4) is 0 Å². The summed E-state index contributed by atoms with van der Waals surface area (Å²) in [6.45, 7) is 4.76. The van der Waals surface area contributed by atoms with E-state index in [0.29, 0.717) is 37.0 Å². The lowest BCUT2D eigenvalue weighted by Crippen LogP contribution is -2.42. The maximum absolute atomic E-state index is 12.8. The minimum atomic E-state index is -0.329. The highest BCUT2D eigenvalue weighted by Gasteiger charge is 2.29. The fourth-order valence-corrected chi connectivity index (χ4v) is 3.48. The zero-order valence-electron chi connectivity index (χ0n) is 17.6. The van der Waals surface area contributed by atoms with Gasteiger partial charge in [-0.15, -0.1) is 0 Å². The number of hydrogen-bond acceptors (Lipinski definition) is 7. The summed E-state index contributed by atoms with van der Waals surface area (Å²) in [7, 11) is 1.57. The standard InChI is InChI=1S/C22H23N5O4/c1-13-20(31-14(2)26-13)22(29)27-8-9-30-19(12-27)17-6-4-15(10-24-17)16-5-7-18(25-11-16)21(28)23-3/h4-7,10-11,19H,8-9,12H2,1-3H3,(H,23,28)/t19-/m1/s1. The maximum Gasteiger partial charge on any atom is 0.291 e. The molecule has 1 atom stereocenters. The van der Waals surface area contributed by atoms with E-state index in [1.54, 1.807) is 44.3 Å². The summed E-state index contributed by atoms with van der Waals surface area (Å²) in [6.07, 6.45) is 3.05. The molecule has 3 aromatic heterocycles. The number of oxazole rings is 1. The van der Waals surface area contributed by atoms with E-state index in [-0.39, 0.29) is 23.7 Å². The second-order valence-electron chi connectivity index (χ2n) is 7.24. The van der Waals surface area contributed by atoms with Gasteiger partial charge in [-0.3, -0.25) is 19.6 Å². The van der Waals surface area contributed by atoms with Crippen molar-refractivity contribution in [2.75, 3.05) is 26.7 Å². The molecule has 9 heteroatoms. The number of amides is 2. The number of hydrogen-bond donors (Lipinski definition) is 1. The van der Waals surface area contributed by atoms with E-state index in [1.807, 2.05) is 18.2 Å². The van der Waals surface area contributed by atoms with Crippen LogP contribution in [0.2, 0.25) is 0 Å². The molecule has 1 aliphatic heterocycles. The van der Waals surface area contributed by atoms with Crippen molar-refractivity contribution in [2.45, 2.75) is 20.0 Å². The molecular weight excluding hydrogens is 398 g/mol. The molecule has 1 fully saturated rings. The van der Waals surface area contributed by atoms with Crippen molar-refractivity contribution in [3.63, 3.8) is 0 Å². The second kappa shape index (κ2) is 8.65. The van der Waals surface area contributed by atoms with Gasteiger partial charge in [0.1, 0.15) is 11.8 Å². The van der Waals surface area contributed by atoms with Gasteiger partial charge < -0.3 is 19.4 Å². The average molecular weight is 421 g/mol. The van der Waals surface area contributed by atoms with E-state index in [4.69, 9.17) is 9.15 Å². The molecule has 0 bridgehead atoms. The Hall–Kier alpha value is -3.59. The highest BCUT2D eigenvalue weighted by atomic mass is 16.5. The van der Waals surface area contributed by atoms with Crippen LogP contribution in [-0.2, 0) is 4.74 Å². The van der Waals surface area contributed by atoms with Crippen molar-refractivity contribution in [1.29, 1.82) is 0 Å². The maximum atomic E-state index is 12.8. The van der Waals surface area contributed by atoms with E-state index in [9.17, 15) is 9.59 Å². The van der Waals surface area contributed by atoms with Gasteiger partial charge in [-0.05, 0) is 19.1 Å². The molecule has 3 aromatic rings. The number of pyridine rings is 2. The fourth-order valence-electron chi connectivity index (χ4n) is 3.48. The number of morpholine rings is 1. The number of rotatable bonds is 4. The molecule has 1 aliphatic rings. The summed E-state index contributed by atoms with van der Waals surface area (Å²) in [4.78, 5) is 39.1. The Morgan fingerprint density at radius 1 is 1.10 bits per heavy atom. The van der Waals surface area contributed by atoms with Gasteiger partial charge >= 0.3 is 0 Å². The lowest BCUT2D eigenvalue weighted by Gasteiger charge is -2.32. The smallest absolute Gasteiger partial charge is 0.291 e. The van der Waals surface area contributed by atoms with Crippen LogP contribution in [0.25, 0.3) is 11.1 Å². The summed E-state index contributed by atoms with van der Waals surface area (Å²) >= 11 is 0. The first-order valence-electron chi connectivity index (χ1n) is 9.95. The summed E-state index contributed by atoms with van der Waals surface area (Å²) in [5.41, 5.74) is 3.40. The summed E-state index contributed by atoms with van der Waals surface area (Å²) in [5.74, 6) is 0.324. The lowest BCUT2D eigenvalue weighted by molar-refractivity contribution is -0.0257. The molecule has 4 heterocycles. The second-order valence-corrected chi connectivity index (χ2v) is 7.24. The van der Waals surface area contributed by atoms with Crippen molar-refractivity contribution < 1.29 is 18.7 Å². The van der Waals surface area contributed by atoms with Crippen molar-refractivity contribution in [2.24, 2.45) is 0 Å². The molecule has 2 amide bonds. The normalized spacial score (nSPS) is 16.2. The van der Waals surface area contributed by atoms with Crippen LogP contribution in [-0.4, -0.2) is 58.4 Å². The number of aromatic nitrogens is 3. The molecule has 1 N–H and O–H groups in total. The van der Waals surface area contributed by atoms with Gasteiger partial charge in [-0.1, -0.05) is 12.1 Å². The predicted octanol–water partition coefficient (Wildman–Crippen LogP) is 2.32. The molecule has 0 aliphatic carbocycles. The third kappa shape index (κ3) is 4.31. The van der Waals surface area contributed by atoms with E-state index < -0.39 is 0 Å². The largest absolute Gasteiger partial charge is 0.436 e. The SMILES string of the molecule is CNC(=O)c1ccc(-c2ccc([C@H]3CN(C(=O)c4oc(C)nc4C)CCO3)nc2)cn1. The predicted molar refractivity (Wildman–Crippen MR) is 111 cm³/mol. The minimum Gasteiger partial charge on any atom is -0.436 e. The van der Waals surface area contributed by atoms with Gasteiger partial charge in [0.15, 0.2) is 5.89 Å². The third-order valence-electron chi connectivity index (χ3n) is 5.12. The van der Waals surface area contributed by atoms with Gasteiger partial charge in [0.05, 0.1) is 24.5 Å². The van der Waals surface area contributed by atoms with E-state index in [2.05, 4.69) is 20.3 Å². The Bertz CT molecular complexity index is 1090. The Morgan fingerprint density at radius 2 is 1.84 bits per heavy atom. The monoisotopic (exact) mass is 421 g/mol. The molecule has 1 saturated heterocycles. The van der Waals surface area contributed by atoms with Gasteiger partial charge in [0.2, 0.25) is 5.76 Å². The fraction of sp³-hybridized carbons (Fsp3) is 0.318. The van der Waals surface area contributed by atoms with E-state index >= 15 is 0 Å². The van der Waals surface area contributed by atoms with Crippen LogP contribution in [0.5, 0.6) is 0 Å². The molecule has 0 spiro atoms. The highest BCUT2D eigenvalue weighted by molar-refractivity contribution is 5.93. The average Bonchev–Trinajstić information content (AvgIpc) is 3.16. The van der Waals surface area contributed by atoms with Crippen LogP contribution in [0.4, 0.5) is 0 Å². The zero-order chi connectivity index (χ0) is 22.0. The van der Waals surface area contributed by atoms with Crippen molar-refractivity contribution in [3.8, 4) is 11.1 Å². The van der Waals surface area contributed by atoms with Crippen molar-refractivity contribution in [3.05, 3.63) is 65.4 Å². The molecule has 0 aromatic carbocycles. The van der Waals surface area contributed by atoms with Gasteiger partial charge in [0, 0.05) is 44.0 Å². The summed E-state index contributed by atoms with van der Waals surface area (Å²) < 4.78 is 11.3. The number of carbonyl (C=O) groups excluding carboxylic acids is 2. The number of carbonyl (C=O) groups is 2. The van der Waals surface area contributed by atoms with Crippen LogP contribution < -0.4 is 5.32 Å². The number of ether oxygens (including phenoxy) is 1. The molecular formula is C22H23N5O4. The minimum absolute atomic E-state index is 0.190. The van der Waals surface area contributed by atoms with Crippen LogP contribution >= 0.6 is 0 Å². The Labute approximate surface area is 179 Å². The van der Waals surface area contributed by atoms with Gasteiger partial charge in [-0.25, -0.2) is 4.98 Å². The summed E-state index contributed by atoms with van der Waals surface area (Å²) in [5, 5.41) is 2.55. The van der Waals surface area contributed by atoms with Gasteiger partial charge in [0.25, 0.3) is 11.8 Å². The van der Waals surface area contributed by atoms with Crippen molar-refractivity contribution in [1.82, 2.24) is 25.2 Å². The number of nitrogens with one attached hydrogen (secondary N) is 1. The molecule has 4 rings (SSSR count). The first kappa shape index (κ1) is 20.7.